The molecule has 0 unspecified atom stereocenters. The molecule has 4 rings (SSSR count). The number of phenols is 1. The Balaban J connectivity index is 1.61. The van der Waals surface area contributed by atoms with E-state index in [1.807, 2.05) is 24.3 Å². The molecule has 0 radical (unpaired) electrons. The maximum atomic E-state index is 13.8. The highest BCUT2D eigenvalue weighted by molar-refractivity contribution is 5.65. The average molecular weight is 355 g/mol. The summed E-state index contributed by atoms with van der Waals surface area (Å²) in [4.78, 5) is 6.67. The van der Waals surface area contributed by atoms with Crippen molar-refractivity contribution in [1.82, 2.24) is 10.1 Å². The minimum Gasteiger partial charge on any atom is -0.502 e. The molecule has 0 amide bonds. The van der Waals surface area contributed by atoms with Gasteiger partial charge in [0, 0.05) is 29.9 Å². The van der Waals surface area contributed by atoms with E-state index in [0.717, 1.165) is 24.7 Å². The first-order valence-electron chi connectivity index (χ1n) is 8.41. The highest BCUT2D eigenvalue weighted by Gasteiger charge is 2.17. The second kappa shape index (κ2) is 6.67. The maximum absolute atomic E-state index is 13.8. The molecular formula is C19H18FN3O3. The van der Waals surface area contributed by atoms with Gasteiger partial charge in [-0.15, -0.1) is 0 Å². The van der Waals surface area contributed by atoms with Gasteiger partial charge in [0.05, 0.1) is 7.11 Å². The summed E-state index contributed by atoms with van der Waals surface area (Å²) in [6.45, 7) is 2.16. The minimum absolute atomic E-state index is 0.0151. The Kier molecular flexibility index (Phi) is 4.20. The van der Waals surface area contributed by atoms with Crippen molar-refractivity contribution in [2.24, 2.45) is 0 Å². The molecular weight excluding hydrogens is 337 g/mol. The molecule has 3 aromatic rings. The van der Waals surface area contributed by atoms with Gasteiger partial charge >= 0.3 is 0 Å². The molecule has 1 N–H and O–H groups in total. The molecule has 2 heterocycles. The van der Waals surface area contributed by atoms with Gasteiger partial charge in [0.15, 0.2) is 17.3 Å². The summed E-state index contributed by atoms with van der Waals surface area (Å²) in [6.07, 6.45) is 2.45. The molecule has 0 bridgehead atoms. The van der Waals surface area contributed by atoms with Crippen LogP contribution in [0.2, 0.25) is 0 Å². The monoisotopic (exact) mass is 355 g/mol. The maximum Gasteiger partial charge on any atom is 0.258 e. The van der Waals surface area contributed by atoms with Gasteiger partial charge in [-0.05, 0) is 49.2 Å². The number of aromatic nitrogens is 2. The SMILES string of the molecule is COc1cc(-c2noc(-c3ccc(N4CCCC4)cc3)n2)cc(F)c1O. The van der Waals surface area contributed by atoms with Gasteiger partial charge in [-0.1, -0.05) is 5.16 Å². The highest BCUT2D eigenvalue weighted by Crippen LogP contribution is 2.34. The number of methoxy groups -OCH3 is 1. The van der Waals surface area contributed by atoms with Gasteiger partial charge in [-0.2, -0.15) is 4.98 Å². The Bertz CT molecular complexity index is 918. The second-order valence-corrected chi connectivity index (χ2v) is 6.17. The largest absolute Gasteiger partial charge is 0.502 e. The van der Waals surface area contributed by atoms with Gasteiger partial charge in [0.1, 0.15) is 0 Å². The Labute approximate surface area is 149 Å². The van der Waals surface area contributed by atoms with Gasteiger partial charge in [-0.3, -0.25) is 0 Å². The van der Waals surface area contributed by atoms with E-state index in [-0.39, 0.29) is 11.6 Å². The zero-order valence-corrected chi connectivity index (χ0v) is 14.3. The number of aromatic hydroxyl groups is 1. The van der Waals surface area contributed by atoms with Crippen molar-refractivity contribution in [2.45, 2.75) is 12.8 Å². The van der Waals surface area contributed by atoms with E-state index < -0.39 is 11.6 Å². The Morgan fingerprint density at radius 2 is 1.85 bits per heavy atom. The summed E-state index contributed by atoms with van der Waals surface area (Å²) in [7, 11) is 1.35. The molecule has 26 heavy (non-hydrogen) atoms. The number of halogens is 1. The molecule has 0 aliphatic carbocycles. The number of nitrogens with zero attached hydrogens (tertiary/aromatic N) is 3. The van der Waals surface area contributed by atoms with E-state index in [9.17, 15) is 9.50 Å². The lowest BCUT2D eigenvalue weighted by molar-refractivity contribution is 0.357. The first kappa shape index (κ1) is 16.4. The van der Waals surface area contributed by atoms with Crippen LogP contribution < -0.4 is 9.64 Å². The van der Waals surface area contributed by atoms with Crippen LogP contribution in [0.1, 0.15) is 12.8 Å². The van der Waals surface area contributed by atoms with E-state index in [1.54, 1.807) is 0 Å². The number of anilines is 1. The molecule has 134 valence electrons. The lowest BCUT2D eigenvalue weighted by Crippen LogP contribution is -2.17. The van der Waals surface area contributed by atoms with Gasteiger partial charge in [-0.25, -0.2) is 4.39 Å². The number of rotatable bonds is 4. The molecule has 0 atom stereocenters. The van der Waals surface area contributed by atoms with E-state index in [4.69, 9.17) is 9.26 Å². The third-order valence-electron chi connectivity index (χ3n) is 4.52. The molecule has 0 saturated carbocycles. The normalized spacial score (nSPS) is 14.0. The van der Waals surface area contributed by atoms with E-state index in [0.29, 0.717) is 11.5 Å². The number of ether oxygens (including phenoxy) is 1. The van der Waals surface area contributed by atoms with Crippen LogP contribution in [0.25, 0.3) is 22.8 Å². The van der Waals surface area contributed by atoms with Crippen molar-refractivity contribution < 1.29 is 18.8 Å². The molecule has 1 aliphatic rings. The first-order valence-corrected chi connectivity index (χ1v) is 8.41. The third kappa shape index (κ3) is 2.96. The molecule has 1 aromatic heterocycles. The van der Waals surface area contributed by atoms with E-state index in [2.05, 4.69) is 15.0 Å². The number of phenolic OH excluding ortho intramolecular Hbond substituents is 1. The summed E-state index contributed by atoms with van der Waals surface area (Å²) >= 11 is 0. The fraction of sp³-hybridized carbons (Fsp3) is 0.263. The van der Waals surface area contributed by atoms with Crippen molar-refractivity contribution in [3.63, 3.8) is 0 Å². The van der Waals surface area contributed by atoms with Crippen molar-refractivity contribution in [3.05, 3.63) is 42.2 Å². The van der Waals surface area contributed by atoms with Crippen LogP contribution in [0.3, 0.4) is 0 Å². The first-order chi connectivity index (χ1) is 12.7. The van der Waals surface area contributed by atoms with Crippen LogP contribution in [-0.4, -0.2) is 35.4 Å². The van der Waals surface area contributed by atoms with Crippen LogP contribution in [0.15, 0.2) is 40.9 Å². The molecule has 7 heteroatoms. The van der Waals surface area contributed by atoms with Crippen LogP contribution in [-0.2, 0) is 0 Å². The zero-order chi connectivity index (χ0) is 18.1. The molecule has 6 nitrogen and oxygen atoms in total. The van der Waals surface area contributed by atoms with Crippen LogP contribution >= 0.6 is 0 Å². The Morgan fingerprint density at radius 3 is 2.54 bits per heavy atom. The lowest BCUT2D eigenvalue weighted by atomic mass is 10.1. The molecule has 1 fully saturated rings. The molecule has 2 aromatic carbocycles. The molecule has 1 aliphatic heterocycles. The van der Waals surface area contributed by atoms with Crippen molar-refractivity contribution in [1.29, 1.82) is 0 Å². The topological polar surface area (TPSA) is 71.6 Å². The van der Waals surface area contributed by atoms with Crippen molar-refractivity contribution >= 4 is 5.69 Å². The summed E-state index contributed by atoms with van der Waals surface area (Å²) in [5.74, 6) is -0.763. The standard InChI is InChI=1S/C19H18FN3O3/c1-25-16-11-13(10-15(20)17(16)24)18-21-19(26-22-18)12-4-6-14(7-5-12)23-8-2-3-9-23/h4-7,10-11,24H,2-3,8-9H2,1H3. The quantitative estimate of drug-likeness (QED) is 0.766. The fourth-order valence-corrected chi connectivity index (χ4v) is 3.11. The predicted octanol–water partition coefficient (Wildman–Crippen LogP) is 3.86. The summed E-state index contributed by atoms with van der Waals surface area (Å²) < 4.78 is 24.1. The second-order valence-electron chi connectivity index (χ2n) is 6.17. The Hall–Kier alpha value is -3.09. The summed E-state index contributed by atoms with van der Waals surface area (Å²) in [6, 6.07) is 10.5. The number of hydrogen-bond acceptors (Lipinski definition) is 6. The van der Waals surface area contributed by atoms with Crippen LogP contribution in [0.4, 0.5) is 10.1 Å². The zero-order valence-electron chi connectivity index (χ0n) is 14.3. The Morgan fingerprint density at radius 1 is 1.12 bits per heavy atom. The summed E-state index contributed by atoms with van der Waals surface area (Å²) in [5, 5.41) is 13.5. The van der Waals surface area contributed by atoms with Crippen LogP contribution in [0.5, 0.6) is 11.5 Å². The lowest BCUT2D eigenvalue weighted by Gasteiger charge is -2.17. The van der Waals surface area contributed by atoms with Gasteiger partial charge < -0.3 is 19.3 Å². The predicted molar refractivity (Wildman–Crippen MR) is 94.8 cm³/mol. The number of benzene rings is 2. The molecule has 0 spiro atoms. The fourth-order valence-electron chi connectivity index (χ4n) is 3.11. The molecule has 1 saturated heterocycles. The summed E-state index contributed by atoms with van der Waals surface area (Å²) in [5.41, 5.74) is 2.33. The smallest absolute Gasteiger partial charge is 0.258 e. The van der Waals surface area contributed by atoms with Gasteiger partial charge in [0.25, 0.3) is 5.89 Å². The van der Waals surface area contributed by atoms with Crippen LogP contribution in [0, 0.1) is 5.82 Å². The van der Waals surface area contributed by atoms with Crippen molar-refractivity contribution in [3.8, 4) is 34.3 Å². The van der Waals surface area contributed by atoms with Gasteiger partial charge in [0.2, 0.25) is 5.82 Å². The third-order valence-corrected chi connectivity index (χ3v) is 4.52. The van der Waals surface area contributed by atoms with E-state index in [1.165, 1.54) is 31.7 Å². The van der Waals surface area contributed by atoms with E-state index >= 15 is 0 Å². The average Bonchev–Trinajstić information content (AvgIpc) is 3.36. The highest BCUT2D eigenvalue weighted by atomic mass is 19.1. The minimum atomic E-state index is -0.805. The number of hydrogen-bond donors (Lipinski definition) is 1. The van der Waals surface area contributed by atoms with Crippen molar-refractivity contribution in [2.75, 3.05) is 25.1 Å².